The number of piperazine rings is 1. The lowest BCUT2D eigenvalue weighted by molar-refractivity contribution is 0.0601. The molecule has 7 heteroatoms. The van der Waals surface area contributed by atoms with Crippen LogP contribution in [-0.4, -0.2) is 60.9 Å². The van der Waals surface area contributed by atoms with Gasteiger partial charge in [0.05, 0.1) is 12.7 Å². The number of anilines is 1. The van der Waals surface area contributed by atoms with Gasteiger partial charge in [0.25, 0.3) is 0 Å². The Morgan fingerprint density at radius 2 is 1.47 bits per heavy atom. The number of hydrogen-bond acceptors (Lipinski definition) is 7. The van der Waals surface area contributed by atoms with Crippen molar-refractivity contribution in [3.8, 4) is 21.1 Å². The van der Waals surface area contributed by atoms with Crippen LogP contribution in [0.25, 0.3) is 21.1 Å². The summed E-state index contributed by atoms with van der Waals surface area (Å²) in [7, 11) is 1.39. The molecule has 0 N–H and O–H groups in total. The second-order valence-corrected chi connectivity index (χ2v) is 10.3. The zero-order valence-electron chi connectivity index (χ0n) is 19.8. The first-order valence-electron chi connectivity index (χ1n) is 12.3. The summed E-state index contributed by atoms with van der Waals surface area (Å²) >= 11 is 1.56. The molecule has 1 aliphatic heterocycles. The third-order valence-corrected chi connectivity index (χ3v) is 8.09. The van der Waals surface area contributed by atoms with Gasteiger partial charge in [-0.2, -0.15) is 0 Å². The lowest BCUT2D eigenvalue weighted by atomic mass is 9.89. The summed E-state index contributed by atoms with van der Waals surface area (Å²) in [6, 6.07) is 16.0. The molecule has 3 aromatic rings. The van der Waals surface area contributed by atoms with Gasteiger partial charge in [-0.1, -0.05) is 42.7 Å². The van der Waals surface area contributed by atoms with Crippen LogP contribution in [0, 0.1) is 5.92 Å². The van der Waals surface area contributed by atoms with Crippen molar-refractivity contribution in [3.05, 3.63) is 54.1 Å². The fraction of sp³-hybridized carbons (Fsp3) is 0.444. The Bertz CT molecular complexity index is 1080. The van der Waals surface area contributed by atoms with E-state index in [1.165, 1.54) is 51.4 Å². The smallest absolute Gasteiger partial charge is 0.337 e. The van der Waals surface area contributed by atoms with E-state index in [9.17, 15) is 4.79 Å². The van der Waals surface area contributed by atoms with Crippen molar-refractivity contribution in [1.29, 1.82) is 0 Å². The summed E-state index contributed by atoms with van der Waals surface area (Å²) in [6.45, 7) is 5.80. The van der Waals surface area contributed by atoms with Crippen molar-refractivity contribution in [2.75, 3.05) is 44.7 Å². The molecule has 1 aliphatic carbocycles. The third-order valence-electron chi connectivity index (χ3n) is 7.07. The molecule has 5 rings (SSSR count). The monoisotopic (exact) mass is 476 g/mol. The molecule has 0 bridgehead atoms. The first kappa shape index (κ1) is 23.0. The van der Waals surface area contributed by atoms with Crippen molar-refractivity contribution in [3.63, 3.8) is 0 Å². The molecule has 0 atom stereocenters. The highest BCUT2D eigenvalue weighted by molar-refractivity contribution is 7.17. The van der Waals surface area contributed by atoms with E-state index in [1.54, 1.807) is 23.5 Å². The van der Waals surface area contributed by atoms with Crippen LogP contribution in [0.4, 0.5) is 5.69 Å². The van der Waals surface area contributed by atoms with Gasteiger partial charge in [0.2, 0.25) is 0 Å². The predicted molar refractivity (Wildman–Crippen MR) is 137 cm³/mol. The average molecular weight is 477 g/mol. The van der Waals surface area contributed by atoms with E-state index in [0.29, 0.717) is 5.56 Å². The Hall–Kier alpha value is -2.77. The number of carbonyl (C=O) groups excluding carboxylic acids is 1. The van der Waals surface area contributed by atoms with E-state index in [4.69, 9.17) is 4.74 Å². The van der Waals surface area contributed by atoms with Gasteiger partial charge >= 0.3 is 5.97 Å². The van der Waals surface area contributed by atoms with Crippen LogP contribution in [-0.2, 0) is 4.74 Å². The molecule has 2 aliphatic rings. The summed E-state index contributed by atoms with van der Waals surface area (Å²) < 4.78 is 4.76. The molecule has 0 unspecified atom stereocenters. The van der Waals surface area contributed by atoms with Gasteiger partial charge in [-0.05, 0) is 55.2 Å². The summed E-state index contributed by atoms with van der Waals surface area (Å²) in [4.78, 5) is 16.8. The van der Waals surface area contributed by atoms with E-state index in [0.717, 1.165) is 53.2 Å². The third kappa shape index (κ3) is 5.31. The van der Waals surface area contributed by atoms with E-state index >= 15 is 0 Å². The number of nitrogens with zero attached hydrogens (tertiary/aromatic N) is 4. The van der Waals surface area contributed by atoms with Gasteiger partial charge in [-0.25, -0.2) is 4.79 Å². The standard InChI is InChI=1S/C27H32N4O2S/c1-33-27(32)23-9-7-21(8-10-23)25-28-29-26(34-25)22-11-13-24(14-12-22)31-17-15-30(16-18-31)19-20-5-3-2-4-6-20/h7-14,20H,2-6,15-19H2,1H3. The van der Waals surface area contributed by atoms with Crippen molar-refractivity contribution >= 4 is 23.0 Å². The van der Waals surface area contributed by atoms with Gasteiger partial charge < -0.3 is 9.64 Å². The van der Waals surface area contributed by atoms with Crippen molar-refractivity contribution in [2.45, 2.75) is 32.1 Å². The summed E-state index contributed by atoms with van der Waals surface area (Å²) in [6.07, 6.45) is 7.13. The molecule has 178 valence electrons. The fourth-order valence-electron chi connectivity index (χ4n) is 5.06. The molecule has 2 heterocycles. The molecule has 1 aromatic heterocycles. The van der Waals surface area contributed by atoms with E-state index in [2.05, 4.69) is 44.3 Å². The summed E-state index contributed by atoms with van der Waals surface area (Å²) in [5.41, 5.74) is 3.83. The Balaban J connectivity index is 1.18. The topological polar surface area (TPSA) is 58.6 Å². The predicted octanol–water partition coefficient (Wildman–Crippen LogP) is 5.36. The van der Waals surface area contributed by atoms with Gasteiger partial charge in [0, 0.05) is 49.5 Å². The van der Waals surface area contributed by atoms with Crippen molar-refractivity contribution < 1.29 is 9.53 Å². The number of esters is 1. The molecule has 6 nitrogen and oxygen atoms in total. The van der Waals surface area contributed by atoms with Crippen LogP contribution >= 0.6 is 11.3 Å². The van der Waals surface area contributed by atoms with E-state index in [1.807, 2.05) is 12.1 Å². The van der Waals surface area contributed by atoms with Crippen LogP contribution in [0.1, 0.15) is 42.5 Å². The number of carbonyl (C=O) groups is 1. The SMILES string of the molecule is COC(=O)c1ccc(-c2nnc(-c3ccc(N4CCN(CC5CCCCC5)CC4)cc3)s2)cc1. The number of methoxy groups -OCH3 is 1. The van der Waals surface area contributed by atoms with Crippen LogP contribution in [0.15, 0.2) is 48.5 Å². The molecule has 0 spiro atoms. The highest BCUT2D eigenvalue weighted by Gasteiger charge is 2.22. The zero-order chi connectivity index (χ0) is 23.3. The van der Waals surface area contributed by atoms with Crippen LogP contribution in [0.5, 0.6) is 0 Å². The molecule has 34 heavy (non-hydrogen) atoms. The van der Waals surface area contributed by atoms with Gasteiger partial charge in [0.1, 0.15) is 10.0 Å². The highest BCUT2D eigenvalue weighted by Crippen LogP contribution is 2.31. The van der Waals surface area contributed by atoms with Crippen LogP contribution in [0.2, 0.25) is 0 Å². The molecular formula is C27H32N4O2S. The molecule has 1 saturated heterocycles. The summed E-state index contributed by atoms with van der Waals surface area (Å²) in [5.74, 6) is 0.581. The molecule has 0 amide bonds. The summed E-state index contributed by atoms with van der Waals surface area (Å²) in [5, 5.41) is 10.5. The number of rotatable bonds is 6. The molecule has 2 fully saturated rings. The Kier molecular flexibility index (Phi) is 7.21. The quantitative estimate of drug-likeness (QED) is 0.446. The first-order chi connectivity index (χ1) is 16.7. The molecular weight excluding hydrogens is 444 g/mol. The fourth-order valence-corrected chi connectivity index (χ4v) is 5.92. The Morgan fingerprint density at radius 3 is 2.06 bits per heavy atom. The van der Waals surface area contributed by atoms with E-state index in [-0.39, 0.29) is 5.97 Å². The number of benzene rings is 2. The maximum atomic E-state index is 11.6. The normalized spacial score (nSPS) is 17.6. The number of ether oxygens (including phenoxy) is 1. The van der Waals surface area contributed by atoms with Gasteiger partial charge in [0.15, 0.2) is 0 Å². The van der Waals surface area contributed by atoms with E-state index < -0.39 is 0 Å². The minimum atomic E-state index is -0.338. The first-order valence-corrected chi connectivity index (χ1v) is 13.1. The average Bonchev–Trinajstić information content (AvgIpc) is 3.40. The van der Waals surface area contributed by atoms with Gasteiger partial charge in [-0.3, -0.25) is 4.90 Å². The number of aromatic nitrogens is 2. The lowest BCUT2D eigenvalue weighted by Gasteiger charge is -2.38. The molecule has 1 saturated carbocycles. The minimum Gasteiger partial charge on any atom is -0.465 e. The number of hydrogen-bond donors (Lipinski definition) is 0. The maximum Gasteiger partial charge on any atom is 0.337 e. The largest absolute Gasteiger partial charge is 0.465 e. The lowest BCUT2D eigenvalue weighted by Crippen LogP contribution is -2.48. The minimum absolute atomic E-state index is 0.338. The second-order valence-electron chi connectivity index (χ2n) is 9.32. The molecule has 2 aromatic carbocycles. The van der Waals surface area contributed by atoms with Gasteiger partial charge in [-0.15, -0.1) is 10.2 Å². The van der Waals surface area contributed by atoms with Crippen molar-refractivity contribution in [2.24, 2.45) is 5.92 Å². The van der Waals surface area contributed by atoms with Crippen LogP contribution < -0.4 is 4.90 Å². The second kappa shape index (κ2) is 10.7. The maximum absolute atomic E-state index is 11.6. The van der Waals surface area contributed by atoms with Crippen molar-refractivity contribution in [1.82, 2.24) is 15.1 Å². The molecule has 0 radical (unpaired) electrons. The van der Waals surface area contributed by atoms with Crippen LogP contribution in [0.3, 0.4) is 0 Å². The zero-order valence-corrected chi connectivity index (χ0v) is 20.6. The Morgan fingerprint density at radius 1 is 0.882 bits per heavy atom. The Labute approximate surface area is 205 Å². The highest BCUT2D eigenvalue weighted by atomic mass is 32.1.